The number of aryl methyl sites for hydroxylation is 1. The van der Waals surface area contributed by atoms with E-state index in [0.29, 0.717) is 24.9 Å². The van der Waals surface area contributed by atoms with Crippen LogP contribution in [0.15, 0.2) is 42.5 Å². The van der Waals surface area contributed by atoms with E-state index in [1.165, 1.54) is 0 Å². The highest BCUT2D eigenvalue weighted by atomic mass is 16.1. The lowest BCUT2D eigenvalue weighted by Crippen LogP contribution is -2.19. The number of hydrogen-bond donors (Lipinski definition) is 2. The number of anilines is 2. The van der Waals surface area contributed by atoms with Gasteiger partial charge in [-0.3, -0.25) is 9.59 Å². The van der Waals surface area contributed by atoms with Crippen LogP contribution >= 0.6 is 0 Å². The standard InChI is InChI=1S/C18H18N2O2/c19-15-5-1-12(2-6-15)10-16(21)11-13-3-7-17-14(9-13)4-8-18(22)20-17/h1-3,5-7,9H,4,8,10-11,19H2,(H,20,22). The molecule has 0 aromatic heterocycles. The van der Waals surface area contributed by atoms with E-state index in [4.69, 9.17) is 5.73 Å². The number of ketones is 1. The maximum atomic E-state index is 12.2. The van der Waals surface area contributed by atoms with Gasteiger partial charge >= 0.3 is 0 Å². The highest BCUT2D eigenvalue weighted by molar-refractivity contribution is 5.94. The molecule has 2 aromatic carbocycles. The van der Waals surface area contributed by atoms with E-state index in [1.807, 2.05) is 42.5 Å². The predicted octanol–water partition coefficient (Wildman–Crippen LogP) is 2.51. The van der Waals surface area contributed by atoms with Crippen molar-refractivity contribution in [3.8, 4) is 0 Å². The van der Waals surface area contributed by atoms with Crippen molar-refractivity contribution in [2.24, 2.45) is 0 Å². The summed E-state index contributed by atoms with van der Waals surface area (Å²) < 4.78 is 0. The highest BCUT2D eigenvalue weighted by Gasteiger charge is 2.15. The van der Waals surface area contributed by atoms with Gasteiger partial charge in [0, 0.05) is 30.6 Å². The number of nitrogens with two attached hydrogens (primary N) is 1. The van der Waals surface area contributed by atoms with Crippen LogP contribution in [-0.4, -0.2) is 11.7 Å². The first-order valence-electron chi connectivity index (χ1n) is 7.38. The minimum absolute atomic E-state index is 0.0553. The number of nitrogens with one attached hydrogen (secondary N) is 1. The van der Waals surface area contributed by atoms with Crippen LogP contribution in [0.5, 0.6) is 0 Å². The van der Waals surface area contributed by atoms with E-state index >= 15 is 0 Å². The molecule has 112 valence electrons. The summed E-state index contributed by atoms with van der Waals surface area (Å²) in [7, 11) is 0. The monoisotopic (exact) mass is 294 g/mol. The fraction of sp³-hybridized carbons (Fsp3) is 0.222. The van der Waals surface area contributed by atoms with E-state index in [-0.39, 0.29) is 11.7 Å². The molecule has 2 aromatic rings. The SMILES string of the molecule is Nc1ccc(CC(=O)Cc2ccc3c(c2)CCC(=O)N3)cc1. The Bertz CT molecular complexity index is 720. The van der Waals surface area contributed by atoms with Gasteiger partial charge in [0.25, 0.3) is 0 Å². The summed E-state index contributed by atoms with van der Waals surface area (Å²) in [6, 6.07) is 13.2. The number of rotatable bonds is 4. The molecule has 0 saturated carbocycles. The Morgan fingerprint density at radius 2 is 1.68 bits per heavy atom. The summed E-state index contributed by atoms with van der Waals surface area (Å²) in [5.74, 6) is 0.226. The molecule has 0 spiro atoms. The van der Waals surface area contributed by atoms with Gasteiger partial charge in [0.15, 0.2) is 0 Å². The van der Waals surface area contributed by atoms with Gasteiger partial charge in [-0.2, -0.15) is 0 Å². The van der Waals surface area contributed by atoms with E-state index in [0.717, 1.165) is 28.8 Å². The van der Waals surface area contributed by atoms with Gasteiger partial charge < -0.3 is 11.1 Å². The first-order valence-corrected chi connectivity index (χ1v) is 7.38. The molecule has 1 aliphatic heterocycles. The van der Waals surface area contributed by atoms with Gasteiger partial charge in [0.05, 0.1) is 0 Å². The quantitative estimate of drug-likeness (QED) is 0.851. The van der Waals surface area contributed by atoms with E-state index in [1.54, 1.807) is 0 Å². The number of carbonyl (C=O) groups excluding carboxylic acids is 2. The highest BCUT2D eigenvalue weighted by Crippen LogP contribution is 2.24. The Labute approximate surface area is 129 Å². The summed E-state index contributed by atoms with van der Waals surface area (Å²) in [6.07, 6.45) is 2.07. The average Bonchev–Trinajstić information content (AvgIpc) is 2.50. The number of nitrogen functional groups attached to an aromatic ring is 1. The molecular weight excluding hydrogens is 276 g/mol. The number of amides is 1. The average molecular weight is 294 g/mol. The number of benzene rings is 2. The number of hydrogen-bond acceptors (Lipinski definition) is 3. The summed E-state index contributed by atoms with van der Waals surface area (Å²) in [6.45, 7) is 0. The lowest BCUT2D eigenvalue weighted by atomic mass is 9.97. The van der Waals surface area contributed by atoms with E-state index < -0.39 is 0 Å². The minimum atomic E-state index is 0.0553. The van der Waals surface area contributed by atoms with Crippen LogP contribution in [0, 0.1) is 0 Å². The third-order valence-electron chi connectivity index (χ3n) is 3.85. The largest absolute Gasteiger partial charge is 0.399 e. The van der Waals surface area contributed by atoms with Crippen LogP contribution in [0.25, 0.3) is 0 Å². The second kappa shape index (κ2) is 6.02. The van der Waals surface area contributed by atoms with Crippen LogP contribution in [0.4, 0.5) is 11.4 Å². The van der Waals surface area contributed by atoms with Crippen molar-refractivity contribution in [1.82, 2.24) is 0 Å². The molecule has 4 nitrogen and oxygen atoms in total. The van der Waals surface area contributed by atoms with Gasteiger partial charge in [0.2, 0.25) is 5.91 Å². The van der Waals surface area contributed by atoms with Crippen molar-refractivity contribution in [2.45, 2.75) is 25.7 Å². The third-order valence-corrected chi connectivity index (χ3v) is 3.85. The fourth-order valence-electron chi connectivity index (χ4n) is 2.70. The van der Waals surface area contributed by atoms with Crippen LogP contribution < -0.4 is 11.1 Å². The molecule has 0 saturated heterocycles. The Balaban J connectivity index is 1.66. The molecule has 3 N–H and O–H groups in total. The van der Waals surface area contributed by atoms with Gasteiger partial charge in [0.1, 0.15) is 5.78 Å². The maximum absolute atomic E-state index is 12.2. The summed E-state index contributed by atoms with van der Waals surface area (Å²) >= 11 is 0. The van der Waals surface area contributed by atoms with Crippen LogP contribution in [0.2, 0.25) is 0 Å². The minimum Gasteiger partial charge on any atom is -0.399 e. The number of Topliss-reactive ketones (excluding diaryl/α,β-unsaturated/α-hetero) is 1. The van der Waals surface area contributed by atoms with Crippen molar-refractivity contribution in [3.05, 3.63) is 59.2 Å². The topological polar surface area (TPSA) is 72.2 Å². The normalized spacial score (nSPS) is 13.4. The first-order chi connectivity index (χ1) is 10.6. The molecular formula is C18H18N2O2. The smallest absolute Gasteiger partial charge is 0.224 e. The molecule has 22 heavy (non-hydrogen) atoms. The molecule has 0 aliphatic carbocycles. The second-order valence-corrected chi connectivity index (χ2v) is 5.67. The first kappa shape index (κ1) is 14.3. The Kier molecular flexibility index (Phi) is 3.92. The molecule has 0 atom stereocenters. The lowest BCUT2D eigenvalue weighted by Gasteiger charge is -2.17. The molecule has 0 unspecified atom stereocenters. The van der Waals surface area contributed by atoms with Gasteiger partial charge in [-0.15, -0.1) is 0 Å². The van der Waals surface area contributed by atoms with E-state index in [2.05, 4.69) is 5.32 Å². The van der Waals surface area contributed by atoms with Gasteiger partial charge in [-0.05, 0) is 41.3 Å². The van der Waals surface area contributed by atoms with E-state index in [9.17, 15) is 9.59 Å². The maximum Gasteiger partial charge on any atom is 0.224 e. The Morgan fingerprint density at radius 1 is 1.00 bits per heavy atom. The van der Waals surface area contributed by atoms with Gasteiger partial charge in [-0.1, -0.05) is 24.3 Å². The molecule has 0 fully saturated rings. The molecule has 0 bridgehead atoms. The van der Waals surface area contributed by atoms with Crippen molar-refractivity contribution in [2.75, 3.05) is 11.1 Å². The Morgan fingerprint density at radius 3 is 2.45 bits per heavy atom. The zero-order valence-corrected chi connectivity index (χ0v) is 12.3. The van der Waals surface area contributed by atoms with Crippen LogP contribution in [0.1, 0.15) is 23.1 Å². The lowest BCUT2D eigenvalue weighted by molar-refractivity contribution is -0.118. The van der Waals surface area contributed by atoms with Crippen LogP contribution in [0.3, 0.4) is 0 Å². The van der Waals surface area contributed by atoms with Crippen molar-refractivity contribution < 1.29 is 9.59 Å². The molecule has 1 amide bonds. The summed E-state index contributed by atoms with van der Waals surface area (Å²) in [4.78, 5) is 23.5. The zero-order valence-electron chi connectivity index (χ0n) is 12.3. The number of carbonyl (C=O) groups is 2. The molecule has 1 heterocycles. The second-order valence-electron chi connectivity index (χ2n) is 5.67. The summed E-state index contributed by atoms with van der Waals surface area (Å²) in [5.41, 5.74) is 10.3. The Hall–Kier alpha value is -2.62. The van der Waals surface area contributed by atoms with Gasteiger partial charge in [-0.25, -0.2) is 0 Å². The molecule has 3 rings (SSSR count). The number of fused-ring (bicyclic) bond motifs is 1. The molecule has 4 heteroatoms. The van der Waals surface area contributed by atoms with Crippen molar-refractivity contribution in [1.29, 1.82) is 0 Å². The molecule has 1 aliphatic rings. The van der Waals surface area contributed by atoms with Crippen LogP contribution in [-0.2, 0) is 28.9 Å². The fourth-order valence-corrected chi connectivity index (χ4v) is 2.70. The van der Waals surface area contributed by atoms with Crippen molar-refractivity contribution in [3.63, 3.8) is 0 Å². The summed E-state index contributed by atoms with van der Waals surface area (Å²) in [5, 5.41) is 2.85. The predicted molar refractivity (Wildman–Crippen MR) is 86.7 cm³/mol. The molecule has 0 radical (unpaired) electrons. The van der Waals surface area contributed by atoms with Crippen molar-refractivity contribution >= 4 is 23.1 Å². The zero-order chi connectivity index (χ0) is 15.5. The third kappa shape index (κ3) is 3.34.